The Kier molecular flexibility index (Phi) is 4.47. The first kappa shape index (κ1) is 15.5. The molecule has 3 aliphatic rings. The minimum atomic E-state index is -0.243. The Balaban J connectivity index is 1.47. The van der Waals surface area contributed by atoms with Crippen LogP contribution in [0.15, 0.2) is 0 Å². The van der Waals surface area contributed by atoms with Gasteiger partial charge in [-0.05, 0) is 50.6 Å². The van der Waals surface area contributed by atoms with Crippen LogP contribution in [-0.2, 0) is 14.4 Å². The lowest BCUT2D eigenvalue weighted by Crippen LogP contribution is -2.47. The minimum absolute atomic E-state index is 0.127. The van der Waals surface area contributed by atoms with Crippen LogP contribution >= 0.6 is 0 Å². The second-order valence-corrected chi connectivity index (χ2v) is 6.85. The largest absolute Gasteiger partial charge is 0.343 e. The van der Waals surface area contributed by atoms with E-state index in [1.165, 1.54) is 0 Å². The van der Waals surface area contributed by atoms with Gasteiger partial charge >= 0.3 is 0 Å². The third kappa shape index (κ3) is 3.16. The molecule has 3 rings (SSSR count). The number of nitrogens with zero attached hydrogens (tertiary/aromatic N) is 2. The summed E-state index contributed by atoms with van der Waals surface area (Å²) in [6, 6.07) is -0.243. The quantitative estimate of drug-likeness (QED) is 0.749. The molecule has 0 aromatic carbocycles. The maximum atomic E-state index is 11.8. The molecule has 3 fully saturated rings. The molecule has 0 aromatic rings. The van der Waals surface area contributed by atoms with Crippen molar-refractivity contribution in [2.24, 2.45) is 11.8 Å². The molecule has 0 aliphatic carbocycles. The Hall–Kier alpha value is -1.43. The van der Waals surface area contributed by atoms with E-state index in [4.69, 9.17) is 0 Å². The van der Waals surface area contributed by atoms with Crippen LogP contribution in [0.25, 0.3) is 0 Å². The summed E-state index contributed by atoms with van der Waals surface area (Å²) < 4.78 is 0. The third-order valence-electron chi connectivity index (χ3n) is 5.61. The number of piperidine rings is 2. The molecule has 122 valence electrons. The molecule has 0 aromatic heterocycles. The highest BCUT2D eigenvalue weighted by Crippen LogP contribution is 2.33. The van der Waals surface area contributed by atoms with Gasteiger partial charge in [-0.15, -0.1) is 0 Å². The van der Waals surface area contributed by atoms with Crippen LogP contribution in [0.3, 0.4) is 0 Å². The number of likely N-dealkylation sites (tertiary alicyclic amines) is 2. The molecule has 0 saturated carbocycles. The summed E-state index contributed by atoms with van der Waals surface area (Å²) in [6.45, 7) is 5.23. The van der Waals surface area contributed by atoms with Gasteiger partial charge in [0.2, 0.25) is 17.7 Å². The minimum Gasteiger partial charge on any atom is -0.343 e. The molecule has 3 amide bonds. The fourth-order valence-electron chi connectivity index (χ4n) is 4.22. The number of carbonyl (C=O) groups is 3. The lowest BCUT2D eigenvalue weighted by molar-refractivity contribution is -0.130. The molecule has 0 spiro atoms. The molecule has 0 radical (unpaired) electrons. The van der Waals surface area contributed by atoms with Gasteiger partial charge in [-0.2, -0.15) is 0 Å². The van der Waals surface area contributed by atoms with E-state index in [1.807, 2.05) is 4.90 Å². The Morgan fingerprint density at radius 2 is 1.55 bits per heavy atom. The summed E-state index contributed by atoms with van der Waals surface area (Å²) in [5.74, 6) is 1.32. The summed E-state index contributed by atoms with van der Waals surface area (Å²) in [6.07, 6.45) is 4.73. The molecule has 0 unspecified atom stereocenters. The molecular weight excluding hydrogens is 282 g/mol. The average molecular weight is 307 g/mol. The summed E-state index contributed by atoms with van der Waals surface area (Å²) in [5.41, 5.74) is 0. The molecule has 1 N–H and O–H groups in total. The Morgan fingerprint density at radius 3 is 2.00 bits per heavy atom. The SMILES string of the molecule is CC(=O)N1CCC(C2CCN([C@H]3CC(=O)NC3=O)CC2)CC1. The lowest BCUT2D eigenvalue weighted by atomic mass is 9.78. The van der Waals surface area contributed by atoms with E-state index in [0.29, 0.717) is 18.3 Å². The van der Waals surface area contributed by atoms with Gasteiger partial charge in [0.15, 0.2) is 0 Å². The smallest absolute Gasteiger partial charge is 0.244 e. The highest BCUT2D eigenvalue weighted by Gasteiger charge is 2.38. The first-order valence-electron chi connectivity index (χ1n) is 8.38. The Morgan fingerprint density at radius 1 is 1.00 bits per heavy atom. The fraction of sp³-hybridized carbons (Fsp3) is 0.812. The van der Waals surface area contributed by atoms with E-state index >= 15 is 0 Å². The molecular formula is C16H25N3O3. The van der Waals surface area contributed by atoms with Crippen LogP contribution in [-0.4, -0.2) is 59.7 Å². The number of imide groups is 1. The predicted molar refractivity (Wildman–Crippen MR) is 80.8 cm³/mol. The fourth-order valence-corrected chi connectivity index (χ4v) is 4.22. The molecule has 6 heteroatoms. The van der Waals surface area contributed by atoms with E-state index in [-0.39, 0.29) is 23.8 Å². The van der Waals surface area contributed by atoms with Gasteiger partial charge in [-0.1, -0.05) is 0 Å². The zero-order valence-corrected chi connectivity index (χ0v) is 13.2. The number of amides is 3. The number of hydrogen-bond donors (Lipinski definition) is 1. The Bertz CT molecular complexity index is 463. The van der Waals surface area contributed by atoms with E-state index in [0.717, 1.165) is 51.9 Å². The summed E-state index contributed by atoms with van der Waals surface area (Å²) >= 11 is 0. The van der Waals surface area contributed by atoms with Crippen molar-refractivity contribution < 1.29 is 14.4 Å². The van der Waals surface area contributed by atoms with Crippen molar-refractivity contribution in [1.82, 2.24) is 15.1 Å². The van der Waals surface area contributed by atoms with Gasteiger partial charge in [0.1, 0.15) is 0 Å². The topological polar surface area (TPSA) is 69.7 Å². The van der Waals surface area contributed by atoms with Gasteiger partial charge in [-0.25, -0.2) is 0 Å². The zero-order chi connectivity index (χ0) is 15.7. The van der Waals surface area contributed by atoms with Crippen LogP contribution in [0.5, 0.6) is 0 Å². The number of nitrogens with one attached hydrogen (secondary N) is 1. The van der Waals surface area contributed by atoms with Gasteiger partial charge in [0.05, 0.1) is 12.5 Å². The summed E-state index contributed by atoms with van der Waals surface area (Å²) in [7, 11) is 0. The van der Waals surface area contributed by atoms with E-state index in [9.17, 15) is 14.4 Å². The molecule has 6 nitrogen and oxygen atoms in total. The van der Waals surface area contributed by atoms with Gasteiger partial charge in [0.25, 0.3) is 0 Å². The molecule has 3 saturated heterocycles. The molecule has 1 atom stereocenters. The van der Waals surface area contributed by atoms with Gasteiger partial charge in [0, 0.05) is 20.0 Å². The second kappa shape index (κ2) is 6.36. The van der Waals surface area contributed by atoms with Crippen molar-refractivity contribution in [3.8, 4) is 0 Å². The first-order chi connectivity index (χ1) is 10.5. The lowest BCUT2D eigenvalue weighted by Gasteiger charge is -2.41. The highest BCUT2D eigenvalue weighted by molar-refractivity contribution is 6.05. The summed E-state index contributed by atoms with van der Waals surface area (Å²) in [4.78, 5) is 38.6. The molecule has 3 heterocycles. The van der Waals surface area contributed by atoms with Crippen LogP contribution in [0.1, 0.15) is 39.0 Å². The van der Waals surface area contributed by atoms with Crippen molar-refractivity contribution in [2.75, 3.05) is 26.2 Å². The molecule has 3 aliphatic heterocycles. The maximum Gasteiger partial charge on any atom is 0.244 e. The standard InChI is InChI=1S/C16H25N3O3/c1-11(20)18-6-2-12(3-7-18)13-4-8-19(9-5-13)14-10-15(21)17-16(14)22/h12-14H,2-10H2,1H3,(H,17,21,22)/t14-/m0/s1. The van der Waals surface area contributed by atoms with Crippen molar-refractivity contribution >= 4 is 17.7 Å². The van der Waals surface area contributed by atoms with Crippen molar-refractivity contribution in [3.63, 3.8) is 0 Å². The average Bonchev–Trinajstić information content (AvgIpc) is 2.86. The van der Waals surface area contributed by atoms with E-state index < -0.39 is 0 Å². The van der Waals surface area contributed by atoms with Crippen LogP contribution in [0, 0.1) is 11.8 Å². The maximum absolute atomic E-state index is 11.8. The normalized spacial score (nSPS) is 29.0. The van der Waals surface area contributed by atoms with Crippen molar-refractivity contribution in [2.45, 2.75) is 45.1 Å². The highest BCUT2D eigenvalue weighted by atomic mass is 16.2. The van der Waals surface area contributed by atoms with Crippen LogP contribution in [0.2, 0.25) is 0 Å². The van der Waals surface area contributed by atoms with E-state index in [1.54, 1.807) is 6.92 Å². The number of carbonyl (C=O) groups excluding carboxylic acids is 3. The van der Waals surface area contributed by atoms with E-state index in [2.05, 4.69) is 10.2 Å². The van der Waals surface area contributed by atoms with Crippen LogP contribution in [0.4, 0.5) is 0 Å². The molecule has 22 heavy (non-hydrogen) atoms. The van der Waals surface area contributed by atoms with Crippen molar-refractivity contribution in [3.05, 3.63) is 0 Å². The second-order valence-electron chi connectivity index (χ2n) is 6.85. The number of rotatable bonds is 2. The van der Waals surface area contributed by atoms with Gasteiger partial charge in [-0.3, -0.25) is 24.6 Å². The van der Waals surface area contributed by atoms with Gasteiger partial charge < -0.3 is 4.90 Å². The van der Waals surface area contributed by atoms with Crippen molar-refractivity contribution in [1.29, 1.82) is 0 Å². The zero-order valence-electron chi connectivity index (χ0n) is 13.2. The first-order valence-corrected chi connectivity index (χ1v) is 8.38. The summed E-state index contributed by atoms with van der Waals surface area (Å²) in [5, 5.41) is 2.40. The number of hydrogen-bond acceptors (Lipinski definition) is 4. The predicted octanol–water partition coefficient (Wildman–Crippen LogP) is 0.372. The monoisotopic (exact) mass is 307 g/mol. The van der Waals surface area contributed by atoms with Crippen LogP contribution < -0.4 is 5.32 Å². The Labute approximate surface area is 131 Å². The molecule has 0 bridgehead atoms. The third-order valence-corrected chi connectivity index (χ3v) is 5.61.